The van der Waals surface area contributed by atoms with Crippen molar-refractivity contribution in [2.45, 2.75) is 73.1 Å². The zero-order valence-corrected chi connectivity index (χ0v) is 15.6. The molecule has 120 valence electrons. The van der Waals surface area contributed by atoms with Crippen LogP contribution in [0.2, 0.25) is 0 Å². The minimum Gasteiger partial charge on any atom is -0.175 e. The second kappa shape index (κ2) is 13.0. The number of hydrogen-bond acceptors (Lipinski definition) is 1. The SMILES string of the molecule is CC(C)=CCC/C(C)=C/CC/C(C)=C/CC/C(C)=C/CS. The van der Waals surface area contributed by atoms with Crippen LogP contribution in [0.15, 0.2) is 46.6 Å². The Morgan fingerprint density at radius 2 is 1.00 bits per heavy atom. The van der Waals surface area contributed by atoms with Gasteiger partial charge in [-0.05, 0) is 73.1 Å². The zero-order chi connectivity index (χ0) is 16.1. The van der Waals surface area contributed by atoms with Crippen molar-refractivity contribution in [2.75, 3.05) is 5.75 Å². The van der Waals surface area contributed by atoms with E-state index in [9.17, 15) is 0 Å². The number of thiol groups is 1. The minimum atomic E-state index is 0.853. The third-order valence-corrected chi connectivity index (χ3v) is 3.78. The Hall–Kier alpha value is -0.690. The largest absolute Gasteiger partial charge is 0.175 e. The van der Waals surface area contributed by atoms with Crippen LogP contribution in [0.25, 0.3) is 0 Å². The fourth-order valence-corrected chi connectivity index (χ4v) is 2.45. The summed E-state index contributed by atoms with van der Waals surface area (Å²) in [6.07, 6.45) is 16.4. The van der Waals surface area contributed by atoms with E-state index >= 15 is 0 Å². The van der Waals surface area contributed by atoms with Gasteiger partial charge in [-0.25, -0.2) is 0 Å². The van der Waals surface area contributed by atoms with Gasteiger partial charge in [0.2, 0.25) is 0 Å². The zero-order valence-electron chi connectivity index (χ0n) is 14.7. The Balaban J connectivity index is 3.93. The summed E-state index contributed by atoms with van der Waals surface area (Å²) in [7, 11) is 0. The third kappa shape index (κ3) is 14.0. The number of rotatable bonds is 10. The maximum atomic E-state index is 4.22. The summed E-state index contributed by atoms with van der Waals surface area (Å²) < 4.78 is 0. The Labute approximate surface area is 138 Å². The molecule has 0 aliphatic heterocycles. The fourth-order valence-electron chi connectivity index (χ4n) is 2.14. The van der Waals surface area contributed by atoms with Crippen LogP contribution in [0.1, 0.15) is 73.1 Å². The van der Waals surface area contributed by atoms with Crippen LogP contribution in [-0.4, -0.2) is 5.75 Å². The predicted molar refractivity (Wildman–Crippen MR) is 102 cm³/mol. The lowest BCUT2D eigenvalue weighted by atomic mass is 10.0. The van der Waals surface area contributed by atoms with Gasteiger partial charge in [-0.15, -0.1) is 0 Å². The molecule has 0 heterocycles. The summed E-state index contributed by atoms with van der Waals surface area (Å²) in [5, 5.41) is 0. The highest BCUT2D eigenvalue weighted by molar-refractivity contribution is 7.80. The molecule has 0 aromatic heterocycles. The fraction of sp³-hybridized carbons (Fsp3) is 0.600. The molecule has 0 aliphatic rings. The third-order valence-electron chi connectivity index (χ3n) is 3.59. The quantitative estimate of drug-likeness (QED) is 0.324. The Bertz CT molecular complexity index is 390. The van der Waals surface area contributed by atoms with Crippen molar-refractivity contribution >= 4 is 12.6 Å². The van der Waals surface area contributed by atoms with Crippen LogP contribution >= 0.6 is 12.6 Å². The molecule has 0 fully saturated rings. The van der Waals surface area contributed by atoms with E-state index in [0.717, 1.165) is 18.6 Å². The molecule has 1 heteroatoms. The molecule has 0 amide bonds. The van der Waals surface area contributed by atoms with E-state index in [1.165, 1.54) is 48.0 Å². The van der Waals surface area contributed by atoms with E-state index < -0.39 is 0 Å². The highest BCUT2D eigenvalue weighted by Crippen LogP contribution is 2.13. The molecule has 0 bridgehead atoms. The molecule has 0 aromatic carbocycles. The van der Waals surface area contributed by atoms with Crippen LogP contribution < -0.4 is 0 Å². The van der Waals surface area contributed by atoms with Crippen molar-refractivity contribution in [2.24, 2.45) is 0 Å². The van der Waals surface area contributed by atoms with E-state index in [-0.39, 0.29) is 0 Å². The average Bonchev–Trinajstić information content (AvgIpc) is 2.38. The first-order chi connectivity index (χ1) is 9.95. The number of allylic oxidation sites excluding steroid dienone is 7. The van der Waals surface area contributed by atoms with Crippen molar-refractivity contribution < 1.29 is 0 Å². The van der Waals surface area contributed by atoms with Gasteiger partial charge in [0, 0.05) is 5.75 Å². The molecular weight excluding hydrogens is 272 g/mol. The smallest absolute Gasteiger partial charge is 0.00850 e. The Morgan fingerprint density at radius 3 is 1.38 bits per heavy atom. The molecule has 0 nitrogen and oxygen atoms in total. The van der Waals surface area contributed by atoms with Crippen molar-refractivity contribution in [3.63, 3.8) is 0 Å². The summed E-state index contributed by atoms with van der Waals surface area (Å²) in [5.74, 6) is 0.853. The molecule has 0 atom stereocenters. The first-order valence-electron chi connectivity index (χ1n) is 8.16. The van der Waals surface area contributed by atoms with E-state index in [1.807, 2.05) is 0 Å². The second-order valence-electron chi connectivity index (χ2n) is 6.23. The topological polar surface area (TPSA) is 0 Å². The second-order valence-corrected chi connectivity index (χ2v) is 6.60. The van der Waals surface area contributed by atoms with Gasteiger partial charge >= 0.3 is 0 Å². The molecule has 0 spiro atoms. The highest BCUT2D eigenvalue weighted by atomic mass is 32.1. The molecule has 0 aromatic rings. The van der Waals surface area contributed by atoms with E-state index in [1.54, 1.807) is 0 Å². The summed E-state index contributed by atoms with van der Waals surface area (Å²) >= 11 is 4.22. The van der Waals surface area contributed by atoms with Gasteiger partial charge < -0.3 is 0 Å². The molecule has 0 aliphatic carbocycles. The van der Waals surface area contributed by atoms with Gasteiger partial charge in [-0.1, -0.05) is 46.6 Å². The van der Waals surface area contributed by atoms with E-state index in [0.29, 0.717) is 0 Å². The van der Waals surface area contributed by atoms with Crippen molar-refractivity contribution in [3.05, 3.63) is 46.6 Å². The van der Waals surface area contributed by atoms with Crippen LogP contribution in [0.4, 0.5) is 0 Å². The van der Waals surface area contributed by atoms with E-state index in [2.05, 4.69) is 71.6 Å². The van der Waals surface area contributed by atoms with Crippen LogP contribution in [0.3, 0.4) is 0 Å². The van der Waals surface area contributed by atoms with Crippen LogP contribution in [0, 0.1) is 0 Å². The van der Waals surface area contributed by atoms with Gasteiger partial charge in [-0.3, -0.25) is 0 Å². The predicted octanol–water partition coefficient (Wildman–Crippen LogP) is 7.06. The lowest BCUT2D eigenvalue weighted by Crippen LogP contribution is -1.82. The van der Waals surface area contributed by atoms with Gasteiger partial charge in [0.05, 0.1) is 0 Å². The maximum absolute atomic E-state index is 4.22. The summed E-state index contributed by atoms with van der Waals surface area (Å²) in [6, 6.07) is 0. The monoisotopic (exact) mass is 306 g/mol. The first-order valence-corrected chi connectivity index (χ1v) is 8.80. The summed E-state index contributed by atoms with van der Waals surface area (Å²) in [5.41, 5.74) is 5.91. The minimum absolute atomic E-state index is 0.853. The lowest BCUT2D eigenvalue weighted by molar-refractivity contribution is 0.899. The van der Waals surface area contributed by atoms with Gasteiger partial charge in [0.25, 0.3) is 0 Å². The molecule has 21 heavy (non-hydrogen) atoms. The molecule has 0 saturated carbocycles. The van der Waals surface area contributed by atoms with Crippen molar-refractivity contribution in [1.82, 2.24) is 0 Å². The molecule has 0 unspecified atom stereocenters. The summed E-state index contributed by atoms with van der Waals surface area (Å²) in [4.78, 5) is 0. The molecule has 0 rings (SSSR count). The Morgan fingerprint density at radius 1 is 0.619 bits per heavy atom. The Kier molecular flexibility index (Phi) is 12.6. The summed E-state index contributed by atoms with van der Waals surface area (Å²) in [6.45, 7) is 11.0. The standard InChI is InChI=1S/C20H34S/c1-17(2)9-6-10-18(3)11-7-12-19(4)13-8-14-20(5)15-16-21/h9,11,13,15,21H,6-8,10,12,14,16H2,1-5H3/b18-11+,19-13+,20-15+. The van der Waals surface area contributed by atoms with Gasteiger partial charge in [0.1, 0.15) is 0 Å². The van der Waals surface area contributed by atoms with Crippen LogP contribution in [-0.2, 0) is 0 Å². The first kappa shape index (κ1) is 20.3. The molecule has 0 radical (unpaired) electrons. The van der Waals surface area contributed by atoms with Crippen molar-refractivity contribution in [1.29, 1.82) is 0 Å². The normalized spacial score (nSPS) is 13.5. The maximum Gasteiger partial charge on any atom is 0.00850 e. The van der Waals surface area contributed by atoms with Crippen molar-refractivity contribution in [3.8, 4) is 0 Å². The number of hydrogen-bond donors (Lipinski definition) is 1. The highest BCUT2D eigenvalue weighted by Gasteiger charge is 1.93. The lowest BCUT2D eigenvalue weighted by Gasteiger charge is -2.02. The van der Waals surface area contributed by atoms with Gasteiger partial charge in [-0.2, -0.15) is 12.6 Å². The molecule has 0 saturated heterocycles. The molecular formula is C20H34S. The van der Waals surface area contributed by atoms with Gasteiger partial charge in [0.15, 0.2) is 0 Å². The van der Waals surface area contributed by atoms with Crippen LogP contribution in [0.5, 0.6) is 0 Å². The molecule has 0 N–H and O–H groups in total. The van der Waals surface area contributed by atoms with E-state index in [4.69, 9.17) is 0 Å². The average molecular weight is 307 g/mol.